The molecule has 0 fully saturated rings. The van der Waals surface area contributed by atoms with Gasteiger partial charge in [0.25, 0.3) is 0 Å². The zero-order valence-corrected chi connectivity index (χ0v) is 20.7. The van der Waals surface area contributed by atoms with Gasteiger partial charge < -0.3 is 28.8 Å². The van der Waals surface area contributed by atoms with Crippen LogP contribution in [-0.4, -0.2) is 57.3 Å². The van der Waals surface area contributed by atoms with Gasteiger partial charge >= 0.3 is 0 Å². The first kappa shape index (κ1) is 27.3. The SMILES string of the molecule is CCc1ccc(C(C)(C)c2ccc(OC(C)OCCOCCOCCOC(C)O)cc2)cc1. The monoisotopic (exact) mass is 460 g/mol. The predicted molar refractivity (Wildman–Crippen MR) is 130 cm³/mol. The molecule has 33 heavy (non-hydrogen) atoms. The molecule has 2 unspecified atom stereocenters. The zero-order chi connectivity index (χ0) is 24.1. The Kier molecular flexibility index (Phi) is 11.9. The van der Waals surface area contributed by atoms with E-state index in [4.69, 9.17) is 28.8 Å². The van der Waals surface area contributed by atoms with Gasteiger partial charge in [-0.3, -0.25) is 0 Å². The van der Waals surface area contributed by atoms with Gasteiger partial charge in [0.15, 0.2) is 12.6 Å². The summed E-state index contributed by atoms with van der Waals surface area (Å²) in [5.41, 5.74) is 3.80. The third-order valence-electron chi connectivity index (χ3n) is 5.50. The van der Waals surface area contributed by atoms with Crippen LogP contribution < -0.4 is 4.74 Å². The zero-order valence-electron chi connectivity index (χ0n) is 20.7. The summed E-state index contributed by atoms with van der Waals surface area (Å²) in [6, 6.07) is 17.1. The highest BCUT2D eigenvalue weighted by atomic mass is 16.7. The molecule has 0 saturated carbocycles. The maximum Gasteiger partial charge on any atom is 0.197 e. The third kappa shape index (κ3) is 9.82. The molecule has 0 spiro atoms. The van der Waals surface area contributed by atoms with Crippen molar-refractivity contribution in [2.24, 2.45) is 0 Å². The Morgan fingerprint density at radius 2 is 1.21 bits per heavy atom. The first-order valence-electron chi connectivity index (χ1n) is 11.8. The third-order valence-corrected chi connectivity index (χ3v) is 5.50. The van der Waals surface area contributed by atoms with Gasteiger partial charge in [0.2, 0.25) is 0 Å². The molecule has 0 aliphatic heterocycles. The Balaban J connectivity index is 1.66. The normalized spacial score (nSPS) is 13.6. The summed E-state index contributed by atoms with van der Waals surface area (Å²) >= 11 is 0. The minimum Gasteiger partial charge on any atom is -0.465 e. The maximum atomic E-state index is 8.97. The van der Waals surface area contributed by atoms with Crippen molar-refractivity contribution in [1.82, 2.24) is 0 Å². The molecule has 0 heterocycles. The number of aryl methyl sites for hydroxylation is 1. The molecular formula is C27H40O6. The summed E-state index contributed by atoms with van der Waals surface area (Å²) in [5.74, 6) is 0.775. The number of rotatable bonds is 16. The van der Waals surface area contributed by atoms with Gasteiger partial charge in [-0.15, -0.1) is 0 Å². The molecule has 2 atom stereocenters. The molecule has 0 saturated heterocycles. The highest BCUT2D eigenvalue weighted by molar-refractivity contribution is 5.40. The fourth-order valence-corrected chi connectivity index (χ4v) is 3.37. The minimum absolute atomic E-state index is 0.0851. The lowest BCUT2D eigenvalue weighted by Gasteiger charge is -2.26. The van der Waals surface area contributed by atoms with Crippen molar-refractivity contribution in [3.05, 3.63) is 65.2 Å². The quantitative estimate of drug-likeness (QED) is 0.289. The fourth-order valence-electron chi connectivity index (χ4n) is 3.37. The highest BCUT2D eigenvalue weighted by Crippen LogP contribution is 2.32. The summed E-state index contributed by atoms with van der Waals surface area (Å²) < 4.78 is 27.3. The van der Waals surface area contributed by atoms with Crippen LogP contribution in [-0.2, 0) is 30.8 Å². The van der Waals surface area contributed by atoms with Crippen LogP contribution >= 0.6 is 0 Å². The van der Waals surface area contributed by atoms with Gasteiger partial charge in [0.1, 0.15) is 5.75 Å². The molecule has 2 aromatic carbocycles. The molecule has 0 aliphatic carbocycles. The van der Waals surface area contributed by atoms with Crippen molar-refractivity contribution in [3.63, 3.8) is 0 Å². The van der Waals surface area contributed by atoms with Crippen molar-refractivity contribution in [2.75, 3.05) is 39.6 Å². The van der Waals surface area contributed by atoms with Crippen LogP contribution in [0.3, 0.4) is 0 Å². The lowest BCUT2D eigenvalue weighted by atomic mass is 9.78. The van der Waals surface area contributed by atoms with Crippen molar-refractivity contribution < 1.29 is 28.8 Å². The van der Waals surface area contributed by atoms with Crippen molar-refractivity contribution in [3.8, 4) is 5.75 Å². The van der Waals surface area contributed by atoms with Crippen molar-refractivity contribution in [2.45, 2.75) is 59.0 Å². The van der Waals surface area contributed by atoms with Crippen LogP contribution in [0.1, 0.15) is 51.3 Å². The molecule has 0 aliphatic rings. The molecule has 2 rings (SSSR count). The van der Waals surface area contributed by atoms with Gasteiger partial charge in [-0.25, -0.2) is 0 Å². The molecular weight excluding hydrogens is 420 g/mol. The molecule has 0 radical (unpaired) electrons. The summed E-state index contributed by atoms with van der Waals surface area (Å²) in [6.45, 7) is 12.7. The van der Waals surface area contributed by atoms with E-state index in [9.17, 15) is 0 Å². The minimum atomic E-state index is -0.764. The van der Waals surface area contributed by atoms with E-state index in [2.05, 4.69) is 57.2 Å². The summed E-state index contributed by atoms with van der Waals surface area (Å²) in [5, 5.41) is 8.97. The largest absolute Gasteiger partial charge is 0.465 e. The second-order valence-corrected chi connectivity index (χ2v) is 8.45. The van der Waals surface area contributed by atoms with E-state index in [0.717, 1.165) is 12.2 Å². The number of benzene rings is 2. The highest BCUT2D eigenvalue weighted by Gasteiger charge is 2.23. The first-order chi connectivity index (χ1) is 15.8. The van der Waals surface area contributed by atoms with Gasteiger partial charge in [0, 0.05) is 5.41 Å². The first-order valence-corrected chi connectivity index (χ1v) is 11.8. The molecule has 0 amide bonds. The van der Waals surface area contributed by atoms with Gasteiger partial charge in [-0.1, -0.05) is 57.2 Å². The van der Waals surface area contributed by atoms with Crippen molar-refractivity contribution >= 4 is 0 Å². The molecule has 0 aromatic heterocycles. The summed E-state index contributed by atoms with van der Waals surface area (Å²) in [7, 11) is 0. The lowest BCUT2D eigenvalue weighted by Crippen LogP contribution is -2.21. The average Bonchev–Trinajstić information content (AvgIpc) is 2.80. The number of aliphatic hydroxyl groups is 1. The van der Waals surface area contributed by atoms with E-state index >= 15 is 0 Å². The number of hydrogen-bond donors (Lipinski definition) is 1. The van der Waals surface area contributed by atoms with E-state index in [-0.39, 0.29) is 11.7 Å². The Labute approximate surface area is 198 Å². The summed E-state index contributed by atoms with van der Waals surface area (Å²) in [6.07, 6.45) is -0.0862. The topological polar surface area (TPSA) is 66.4 Å². The van der Waals surface area contributed by atoms with Crippen molar-refractivity contribution in [1.29, 1.82) is 0 Å². The van der Waals surface area contributed by atoms with Crippen LogP contribution in [0.25, 0.3) is 0 Å². The van der Waals surface area contributed by atoms with Crippen LogP contribution in [0.15, 0.2) is 48.5 Å². The Morgan fingerprint density at radius 3 is 1.73 bits per heavy atom. The fraction of sp³-hybridized carbons (Fsp3) is 0.556. The Hall–Kier alpha value is -1.96. The van der Waals surface area contributed by atoms with Gasteiger partial charge in [0.05, 0.1) is 39.6 Å². The maximum absolute atomic E-state index is 8.97. The molecule has 6 heteroatoms. The molecule has 184 valence electrons. The van der Waals surface area contributed by atoms with Crippen LogP contribution in [0.5, 0.6) is 5.75 Å². The second-order valence-electron chi connectivity index (χ2n) is 8.45. The number of hydrogen-bond acceptors (Lipinski definition) is 6. The molecule has 2 aromatic rings. The van der Waals surface area contributed by atoms with Crippen LogP contribution in [0.2, 0.25) is 0 Å². The average molecular weight is 461 g/mol. The van der Waals surface area contributed by atoms with E-state index in [0.29, 0.717) is 39.6 Å². The second kappa shape index (κ2) is 14.3. The van der Waals surface area contributed by atoms with E-state index in [1.807, 2.05) is 19.1 Å². The van der Waals surface area contributed by atoms with Crippen LogP contribution in [0.4, 0.5) is 0 Å². The summed E-state index contributed by atoms with van der Waals surface area (Å²) in [4.78, 5) is 0. The van der Waals surface area contributed by atoms with E-state index in [1.165, 1.54) is 16.7 Å². The molecule has 0 bridgehead atoms. The standard InChI is InChI=1S/C27H40O6/c1-6-23-7-9-24(10-8-23)27(4,5)25-11-13-26(14-12-25)33-22(3)32-20-18-30-16-15-29-17-19-31-21(2)28/h7-14,21-22,28H,6,15-20H2,1-5H3. The van der Waals surface area contributed by atoms with Gasteiger partial charge in [-0.05, 0) is 49.1 Å². The van der Waals surface area contributed by atoms with E-state index < -0.39 is 6.29 Å². The van der Waals surface area contributed by atoms with Crippen LogP contribution in [0, 0.1) is 0 Å². The smallest absolute Gasteiger partial charge is 0.197 e. The molecule has 6 nitrogen and oxygen atoms in total. The van der Waals surface area contributed by atoms with Gasteiger partial charge in [-0.2, -0.15) is 0 Å². The predicted octanol–water partition coefficient (Wildman–Crippen LogP) is 4.70. The van der Waals surface area contributed by atoms with E-state index in [1.54, 1.807) is 6.92 Å². The number of ether oxygens (including phenoxy) is 5. The Bertz CT molecular complexity index is 770. The molecule has 1 N–H and O–H groups in total. The Morgan fingerprint density at radius 1 is 0.727 bits per heavy atom. The number of aliphatic hydroxyl groups excluding tert-OH is 1. The lowest BCUT2D eigenvalue weighted by molar-refractivity contribution is -0.104.